The van der Waals surface area contributed by atoms with Gasteiger partial charge in [-0.15, -0.1) is 0 Å². The average molecular weight is 265 g/mol. The Hall–Kier alpha value is -1.10. The Bertz CT molecular complexity index is 389. The van der Waals surface area contributed by atoms with Gasteiger partial charge in [0.25, 0.3) is 0 Å². The average Bonchev–Trinajstić information content (AvgIpc) is 2.46. The first kappa shape index (κ1) is 14.3. The molecular formula is C15H23NO3. The number of hydrogen-bond acceptors (Lipinski definition) is 4. The first-order valence-corrected chi connectivity index (χ1v) is 6.90. The molecule has 1 heterocycles. The van der Waals surface area contributed by atoms with Crippen molar-refractivity contribution in [3.05, 3.63) is 29.3 Å². The van der Waals surface area contributed by atoms with Gasteiger partial charge >= 0.3 is 0 Å². The maximum atomic E-state index is 8.91. The molecule has 0 amide bonds. The summed E-state index contributed by atoms with van der Waals surface area (Å²) in [6.07, 6.45) is 1.72. The molecule has 1 N–H and O–H groups in total. The second kappa shape index (κ2) is 7.48. The molecule has 1 aliphatic rings. The van der Waals surface area contributed by atoms with Gasteiger partial charge in [-0.2, -0.15) is 0 Å². The summed E-state index contributed by atoms with van der Waals surface area (Å²) in [7, 11) is 1.71. The van der Waals surface area contributed by atoms with E-state index in [2.05, 4.69) is 17.0 Å². The number of rotatable bonds is 6. The largest absolute Gasteiger partial charge is 0.496 e. The molecule has 0 radical (unpaired) electrons. The first-order chi connectivity index (χ1) is 9.33. The van der Waals surface area contributed by atoms with Crippen molar-refractivity contribution in [3.8, 4) is 5.75 Å². The Morgan fingerprint density at radius 3 is 2.79 bits per heavy atom. The smallest absolute Gasteiger partial charge is 0.123 e. The van der Waals surface area contributed by atoms with Gasteiger partial charge in [0.2, 0.25) is 0 Å². The van der Waals surface area contributed by atoms with E-state index < -0.39 is 0 Å². The standard InChI is InChI=1S/C15H23NO3/c1-18-15-5-4-13(3-2-8-17)11-14(15)12-16-6-9-19-10-7-16/h4-5,11,17H,2-3,6-10,12H2,1H3. The molecule has 4 nitrogen and oxygen atoms in total. The summed E-state index contributed by atoms with van der Waals surface area (Å²) in [5.74, 6) is 0.944. The first-order valence-electron chi connectivity index (χ1n) is 6.90. The number of morpholine rings is 1. The summed E-state index contributed by atoms with van der Waals surface area (Å²) in [6, 6.07) is 6.31. The minimum Gasteiger partial charge on any atom is -0.496 e. The van der Waals surface area contributed by atoms with E-state index >= 15 is 0 Å². The number of hydrogen-bond donors (Lipinski definition) is 1. The highest BCUT2D eigenvalue weighted by atomic mass is 16.5. The van der Waals surface area contributed by atoms with Crippen molar-refractivity contribution in [1.82, 2.24) is 4.90 Å². The predicted molar refractivity (Wildman–Crippen MR) is 74.5 cm³/mol. The summed E-state index contributed by atoms with van der Waals surface area (Å²) in [4.78, 5) is 2.39. The van der Waals surface area contributed by atoms with Crippen LogP contribution in [0.1, 0.15) is 17.5 Å². The van der Waals surface area contributed by atoms with E-state index in [-0.39, 0.29) is 6.61 Å². The van der Waals surface area contributed by atoms with Crippen LogP contribution in [-0.2, 0) is 17.7 Å². The molecule has 0 unspecified atom stereocenters. The summed E-state index contributed by atoms with van der Waals surface area (Å²) in [6.45, 7) is 4.72. The Morgan fingerprint density at radius 1 is 1.32 bits per heavy atom. The molecule has 0 atom stereocenters. The molecular weight excluding hydrogens is 242 g/mol. The maximum Gasteiger partial charge on any atom is 0.123 e. The molecule has 1 aliphatic heterocycles. The molecule has 19 heavy (non-hydrogen) atoms. The number of benzene rings is 1. The van der Waals surface area contributed by atoms with Crippen molar-refractivity contribution >= 4 is 0 Å². The number of aliphatic hydroxyl groups excluding tert-OH is 1. The number of aliphatic hydroxyl groups is 1. The second-order valence-corrected chi connectivity index (χ2v) is 4.86. The lowest BCUT2D eigenvalue weighted by atomic mass is 10.0. The van der Waals surface area contributed by atoms with E-state index in [9.17, 15) is 0 Å². The van der Waals surface area contributed by atoms with Crippen LogP contribution >= 0.6 is 0 Å². The summed E-state index contributed by atoms with van der Waals surface area (Å²) >= 11 is 0. The van der Waals surface area contributed by atoms with Crippen LogP contribution in [-0.4, -0.2) is 50.0 Å². The quantitative estimate of drug-likeness (QED) is 0.845. The van der Waals surface area contributed by atoms with Crippen LogP contribution in [0.3, 0.4) is 0 Å². The normalized spacial score (nSPS) is 16.5. The van der Waals surface area contributed by atoms with Gasteiger partial charge in [-0.25, -0.2) is 0 Å². The van der Waals surface area contributed by atoms with Crippen molar-refractivity contribution in [1.29, 1.82) is 0 Å². The van der Waals surface area contributed by atoms with Gasteiger partial charge in [-0.05, 0) is 24.5 Å². The highest BCUT2D eigenvalue weighted by Gasteiger charge is 2.13. The van der Waals surface area contributed by atoms with E-state index in [0.717, 1.165) is 51.4 Å². The lowest BCUT2D eigenvalue weighted by Gasteiger charge is -2.27. The maximum absolute atomic E-state index is 8.91. The fourth-order valence-electron chi connectivity index (χ4n) is 2.39. The third-order valence-corrected chi connectivity index (χ3v) is 3.47. The van der Waals surface area contributed by atoms with Crippen LogP contribution in [0.4, 0.5) is 0 Å². The van der Waals surface area contributed by atoms with Gasteiger partial charge in [0, 0.05) is 31.8 Å². The van der Waals surface area contributed by atoms with Gasteiger partial charge in [0.1, 0.15) is 5.75 Å². The third kappa shape index (κ3) is 4.20. The molecule has 0 saturated carbocycles. The van der Waals surface area contributed by atoms with Crippen molar-refractivity contribution in [2.75, 3.05) is 40.0 Å². The van der Waals surface area contributed by atoms with Crippen LogP contribution < -0.4 is 4.74 Å². The summed E-state index contributed by atoms with van der Waals surface area (Å²) < 4.78 is 10.8. The van der Waals surface area contributed by atoms with Crippen LogP contribution in [0.15, 0.2) is 18.2 Å². The Labute approximate surface area is 114 Å². The molecule has 1 aromatic rings. The van der Waals surface area contributed by atoms with Crippen LogP contribution in [0, 0.1) is 0 Å². The molecule has 1 saturated heterocycles. The highest BCUT2D eigenvalue weighted by Crippen LogP contribution is 2.22. The van der Waals surface area contributed by atoms with Crippen molar-refractivity contribution in [2.24, 2.45) is 0 Å². The van der Waals surface area contributed by atoms with E-state index in [1.807, 2.05) is 6.07 Å². The van der Waals surface area contributed by atoms with Crippen molar-refractivity contribution in [2.45, 2.75) is 19.4 Å². The Morgan fingerprint density at radius 2 is 2.11 bits per heavy atom. The molecule has 106 valence electrons. The molecule has 0 aromatic heterocycles. The second-order valence-electron chi connectivity index (χ2n) is 4.86. The van der Waals surface area contributed by atoms with E-state index in [0.29, 0.717) is 0 Å². The predicted octanol–water partition coefficient (Wildman–Crippen LogP) is 1.45. The zero-order valence-electron chi connectivity index (χ0n) is 11.6. The van der Waals surface area contributed by atoms with Crippen LogP contribution in [0.2, 0.25) is 0 Å². The summed E-state index contributed by atoms with van der Waals surface area (Å²) in [5, 5.41) is 8.91. The molecule has 1 fully saturated rings. The van der Waals surface area contributed by atoms with Gasteiger partial charge in [0.05, 0.1) is 20.3 Å². The lowest BCUT2D eigenvalue weighted by Crippen LogP contribution is -2.35. The minimum absolute atomic E-state index is 0.241. The van der Waals surface area contributed by atoms with Gasteiger partial charge in [-0.1, -0.05) is 12.1 Å². The Balaban J connectivity index is 2.06. The van der Waals surface area contributed by atoms with Crippen LogP contribution in [0.5, 0.6) is 5.75 Å². The molecule has 0 bridgehead atoms. The highest BCUT2D eigenvalue weighted by molar-refractivity contribution is 5.37. The molecule has 0 spiro atoms. The Kier molecular flexibility index (Phi) is 5.63. The zero-order valence-corrected chi connectivity index (χ0v) is 11.6. The monoisotopic (exact) mass is 265 g/mol. The van der Waals surface area contributed by atoms with Crippen molar-refractivity contribution in [3.63, 3.8) is 0 Å². The minimum atomic E-state index is 0.241. The van der Waals surface area contributed by atoms with E-state index in [1.54, 1.807) is 7.11 Å². The number of nitrogens with zero attached hydrogens (tertiary/aromatic N) is 1. The zero-order chi connectivity index (χ0) is 13.5. The van der Waals surface area contributed by atoms with E-state index in [1.165, 1.54) is 11.1 Å². The van der Waals surface area contributed by atoms with E-state index in [4.69, 9.17) is 14.6 Å². The van der Waals surface area contributed by atoms with Crippen molar-refractivity contribution < 1.29 is 14.6 Å². The van der Waals surface area contributed by atoms with Crippen LogP contribution in [0.25, 0.3) is 0 Å². The topological polar surface area (TPSA) is 41.9 Å². The summed E-state index contributed by atoms with van der Waals surface area (Å²) in [5.41, 5.74) is 2.48. The van der Waals surface area contributed by atoms with Gasteiger partial charge < -0.3 is 14.6 Å². The third-order valence-electron chi connectivity index (χ3n) is 3.47. The van der Waals surface area contributed by atoms with Gasteiger partial charge in [0.15, 0.2) is 0 Å². The number of aryl methyl sites for hydroxylation is 1. The molecule has 0 aliphatic carbocycles. The number of methoxy groups -OCH3 is 1. The molecule has 2 rings (SSSR count). The molecule has 4 heteroatoms. The number of ether oxygens (including phenoxy) is 2. The SMILES string of the molecule is COc1ccc(CCCO)cc1CN1CCOCC1. The fourth-order valence-corrected chi connectivity index (χ4v) is 2.39. The molecule has 1 aromatic carbocycles. The lowest BCUT2D eigenvalue weighted by molar-refractivity contribution is 0.0339. The van der Waals surface area contributed by atoms with Gasteiger partial charge in [-0.3, -0.25) is 4.90 Å². The fraction of sp³-hybridized carbons (Fsp3) is 0.600.